The number of pyridine rings is 1. The Morgan fingerprint density at radius 2 is 1.73 bits per heavy atom. The molecule has 0 spiro atoms. The summed E-state index contributed by atoms with van der Waals surface area (Å²) in [7, 11) is 0. The van der Waals surface area contributed by atoms with E-state index in [1.54, 1.807) is 17.9 Å². The van der Waals surface area contributed by atoms with Gasteiger partial charge in [-0.25, -0.2) is 4.98 Å². The zero-order valence-electron chi connectivity index (χ0n) is 21.3. The average molecular weight is 549 g/mol. The highest BCUT2D eigenvalue weighted by Crippen LogP contribution is 2.33. The number of rotatable bonds is 5. The van der Waals surface area contributed by atoms with Gasteiger partial charge in [-0.15, -0.1) is 10.2 Å². The molecule has 2 aromatic carbocycles. The van der Waals surface area contributed by atoms with Gasteiger partial charge < -0.3 is 13.7 Å². The molecule has 12 heteroatoms. The van der Waals surface area contributed by atoms with Crippen molar-refractivity contribution in [3.05, 3.63) is 95.3 Å². The fraction of sp³-hybridized carbons (Fsp3) is 0.250. The van der Waals surface area contributed by atoms with Gasteiger partial charge in [0.25, 0.3) is 5.91 Å². The molecule has 1 amide bonds. The van der Waals surface area contributed by atoms with Crippen molar-refractivity contribution in [1.29, 1.82) is 0 Å². The van der Waals surface area contributed by atoms with Gasteiger partial charge in [0.15, 0.2) is 5.58 Å². The van der Waals surface area contributed by atoms with Crippen molar-refractivity contribution in [3.63, 3.8) is 0 Å². The Bertz CT molecular complexity index is 1660. The maximum absolute atomic E-state index is 13.4. The number of halogens is 3. The lowest BCUT2D eigenvalue weighted by atomic mass is 10.0. The van der Waals surface area contributed by atoms with Gasteiger partial charge in [0, 0.05) is 44.9 Å². The largest absolute Gasteiger partial charge is 0.435 e. The Morgan fingerprint density at radius 3 is 2.42 bits per heavy atom. The van der Waals surface area contributed by atoms with E-state index < -0.39 is 11.7 Å². The van der Waals surface area contributed by atoms with Crippen LogP contribution < -0.4 is 0 Å². The minimum absolute atomic E-state index is 0.0364. The molecule has 0 saturated carbocycles. The molecule has 1 saturated heterocycles. The maximum atomic E-state index is 13.4. The molecule has 6 rings (SSSR count). The van der Waals surface area contributed by atoms with E-state index in [4.69, 9.17) is 8.83 Å². The van der Waals surface area contributed by atoms with Crippen molar-refractivity contribution >= 4 is 17.0 Å². The van der Waals surface area contributed by atoms with Crippen LogP contribution in [0.1, 0.15) is 39.3 Å². The highest BCUT2D eigenvalue weighted by atomic mass is 19.4. The van der Waals surface area contributed by atoms with Crippen LogP contribution in [0.4, 0.5) is 13.2 Å². The van der Waals surface area contributed by atoms with Crippen molar-refractivity contribution in [2.75, 3.05) is 26.2 Å². The zero-order valence-corrected chi connectivity index (χ0v) is 21.3. The van der Waals surface area contributed by atoms with Crippen LogP contribution in [-0.4, -0.2) is 62.1 Å². The number of aromatic nitrogens is 4. The van der Waals surface area contributed by atoms with E-state index in [0.717, 1.165) is 17.7 Å². The first-order valence-electron chi connectivity index (χ1n) is 12.6. The Balaban J connectivity index is 1.19. The summed E-state index contributed by atoms with van der Waals surface area (Å²) >= 11 is 0. The highest BCUT2D eigenvalue weighted by Gasteiger charge is 2.33. The Morgan fingerprint density at radius 1 is 0.950 bits per heavy atom. The third kappa shape index (κ3) is 5.05. The minimum atomic E-state index is -4.49. The summed E-state index contributed by atoms with van der Waals surface area (Å²) in [4.78, 5) is 25.8. The topological polar surface area (TPSA) is 101 Å². The lowest BCUT2D eigenvalue weighted by Crippen LogP contribution is -2.50. The molecular weight excluding hydrogens is 525 g/mol. The number of fused-ring (bicyclic) bond motifs is 1. The number of benzene rings is 2. The second kappa shape index (κ2) is 10.2. The molecule has 0 radical (unpaired) electrons. The van der Waals surface area contributed by atoms with Crippen molar-refractivity contribution in [1.82, 2.24) is 30.0 Å². The lowest BCUT2D eigenvalue weighted by Gasteiger charge is -2.38. The van der Waals surface area contributed by atoms with Gasteiger partial charge in [-0.1, -0.05) is 30.3 Å². The minimum Gasteiger partial charge on any atom is -0.435 e. The standard InChI is InChI=1S/C28H23F3N6O3/c1-17-34-35-26(39-17)24(18-5-3-2-4-6-18)36-11-13-37(14-12-36)27(38)19-9-10-32-22(15-19)25-33-21-16-20(28(29,30)31)7-8-23(21)40-25/h2-10,15-16,24H,11-14H2,1H3. The van der Waals surface area contributed by atoms with Crippen molar-refractivity contribution in [3.8, 4) is 11.6 Å². The predicted molar refractivity (Wildman–Crippen MR) is 137 cm³/mol. The summed E-state index contributed by atoms with van der Waals surface area (Å²) in [5.74, 6) is 0.832. The normalized spacial score (nSPS) is 15.4. The summed E-state index contributed by atoms with van der Waals surface area (Å²) in [5.41, 5.74) is 1.09. The third-order valence-electron chi connectivity index (χ3n) is 6.80. The Labute approximate surface area is 226 Å². The zero-order chi connectivity index (χ0) is 27.9. The van der Waals surface area contributed by atoms with E-state index in [-0.39, 0.29) is 34.6 Å². The molecule has 1 fully saturated rings. The molecular formula is C28H23F3N6O3. The third-order valence-corrected chi connectivity index (χ3v) is 6.80. The number of amides is 1. The van der Waals surface area contributed by atoms with Crippen LogP contribution in [-0.2, 0) is 6.18 Å². The van der Waals surface area contributed by atoms with E-state index in [1.807, 2.05) is 30.3 Å². The number of hydrogen-bond acceptors (Lipinski definition) is 8. The van der Waals surface area contributed by atoms with Gasteiger partial charge in [-0.2, -0.15) is 13.2 Å². The van der Waals surface area contributed by atoms with Crippen molar-refractivity contribution < 1.29 is 26.8 Å². The van der Waals surface area contributed by atoms with Gasteiger partial charge in [0.2, 0.25) is 17.7 Å². The van der Waals surface area contributed by atoms with Gasteiger partial charge in [-0.3, -0.25) is 14.7 Å². The quantitative estimate of drug-likeness (QED) is 0.297. The fourth-order valence-corrected chi connectivity index (χ4v) is 4.83. The lowest BCUT2D eigenvalue weighted by molar-refractivity contribution is -0.137. The molecule has 1 atom stereocenters. The second-order valence-corrected chi connectivity index (χ2v) is 9.43. The van der Waals surface area contributed by atoms with E-state index in [1.165, 1.54) is 18.3 Å². The number of aryl methyl sites for hydroxylation is 1. The number of carbonyl (C=O) groups is 1. The number of alkyl halides is 3. The summed E-state index contributed by atoms with van der Waals surface area (Å²) in [6, 6.07) is 15.9. The molecule has 5 aromatic rings. The van der Waals surface area contributed by atoms with E-state index in [9.17, 15) is 18.0 Å². The predicted octanol–water partition coefficient (Wildman–Crippen LogP) is 5.15. The molecule has 9 nitrogen and oxygen atoms in total. The van der Waals surface area contributed by atoms with Crippen LogP contribution in [0.3, 0.4) is 0 Å². The summed E-state index contributed by atoms with van der Waals surface area (Å²) in [6.07, 6.45) is -3.04. The molecule has 1 aliphatic rings. The molecule has 0 N–H and O–H groups in total. The number of carbonyl (C=O) groups excluding carboxylic acids is 1. The van der Waals surface area contributed by atoms with Crippen LogP contribution in [0.5, 0.6) is 0 Å². The summed E-state index contributed by atoms with van der Waals surface area (Å²) in [6.45, 7) is 3.85. The monoisotopic (exact) mass is 548 g/mol. The highest BCUT2D eigenvalue weighted by molar-refractivity contribution is 5.95. The number of piperazine rings is 1. The first-order chi connectivity index (χ1) is 19.3. The molecule has 4 heterocycles. The number of nitrogens with zero attached hydrogens (tertiary/aromatic N) is 6. The van der Waals surface area contributed by atoms with E-state index in [2.05, 4.69) is 25.1 Å². The van der Waals surface area contributed by atoms with Gasteiger partial charge >= 0.3 is 6.18 Å². The first-order valence-corrected chi connectivity index (χ1v) is 12.6. The molecule has 3 aromatic heterocycles. The smallest absolute Gasteiger partial charge is 0.416 e. The second-order valence-electron chi connectivity index (χ2n) is 9.43. The number of hydrogen-bond donors (Lipinski definition) is 0. The Kier molecular flexibility index (Phi) is 6.54. The maximum Gasteiger partial charge on any atom is 0.416 e. The molecule has 1 unspecified atom stereocenters. The van der Waals surface area contributed by atoms with Crippen molar-refractivity contribution in [2.24, 2.45) is 0 Å². The van der Waals surface area contributed by atoms with Crippen LogP contribution in [0, 0.1) is 6.92 Å². The SMILES string of the molecule is Cc1nnc(C(c2ccccc2)N2CCN(C(=O)c3ccnc(-c4nc5cc(C(F)(F)F)ccc5o4)c3)CC2)o1. The summed E-state index contributed by atoms with van der Waals surface area (Å²) < 4.78 is 50.7. The molecule has 40 heavy (non-hydrogen) atoms. The summed E-state index contributed by atoms with van der Waals surface area (Å²) in [5, 5.41) is 8.25. The molecule has 1 aliphatic heterocycles. The van der Waals surface area contributed by atoms with Gasteiger partial charge in [0.1, 0.15) is 17.3 Å². The van der Waals surface area contributed by atoms with Crippen LogP contribution >= 0.6 is 0 Å². The van der Waals surface area contributed by atoms with Crippen molar-refractivity contribution in [2.45, 2.75) is 19.1 Å². The van der Waals surface area contributed by atoms with Crippen LogP contribution in [0.2, 0.25) is 0 Å². The average Bonchev–Trinajstić information content (AvgIpc) is 3.59. The van der Waals surface area contributed by atoms with E-state index in [0.29, 0.717) is 43.5 Å². The molecule has 204 valence electrons. The van der Waals surface area contributed by atoms with E-state index >= 15 is 0 Å². The van der Waals surface area contributed by atoms with Gasteiger partial charge in [-0.05, 0) is 35.9 Å². The van der Waals surface area contributed by atoms with Gasteiger partial charge in [0.05, 0.1) is 5.56 Å². The van der Waals surface area contributed by atoms with Crippen LogP contribution in [0.15, 0.2) is 75.7 Å². The molecule has 0 aliphatic carbocycles. The Hall–Kier alpha value is -4.58. The molecule has 0 bridgehead atoms. The first kappa shape index (κ1) is 25.7. The van der Waals surface area contributed by atoms with Crippen LogP contribution in [0.25, 0.3) is 22.7 Å². The number of oxazole rings is 1. The fourth-order valence-electron chi connectivity index (χ4n) is 4.83.